The van der Waals surface area contributed by atoms with Crippen molar-refractivity contribution in [3.05, 3.63) is 0 Å². The van der Waals surface area contributed by atoms with Crippen molar-refractivity contribution in [1.82, 2.24) is 0 Å². The molecular formula is C11H19NS. The van der Waals surface area contributed by atoms with E-state index >= 15 is 0 Å². The molecule has 0 aromatic heterocycles. The van der Waals surface area contributed by atoms with Crippen molar-refractivity contribution in [1.29, 1.82) is 5.26 Å². The number of hydrogen-bond acceptors (Lipinski definition) is 2. The Bertz CT molecular complexity index is 185. The van der Waals surface area contributed by atoms with Gasteiger partial charge in [-0.1, -0.05) is 26.7 Å². The first kappa shape index (κ1) is 10.9. The Morgan fingerprint density at radius 2 is 2.15 bits per heavy atom. The third kappa shape index (κ3) is 3.23. The number of hydrogen-bond donors (Lipinski definition) is 0. The second-order valence-electron chi connectivity index (χ2n) is 3.91. The third-order valence-electron chi connectivity index (χ3n) is 2.85. The van der Waals surface area contributed by atoms with Crippen molar-refractivity contribution in [3.63, 3.8) is 0 Å². The van der Waals surface area contributed by atoms with Crippen LogP contribution in [0.2, 0.25) is 0 Å². The summed E-state index contributed by atoms with van der Waals surface area (Å²) in [5, 5.41) is 10.3. The maximum atomic E-state index is 8.98. The highest BCUT2D eigenvalue weighted by atomic mass is 32.2. The van der Waals surface area contributed by atoms with E-state index in [0.717, 1.165) is 11.7 Å². The molecule has 1 aliphatic carbocycles. The van der Waals surface area contributed by atoms with Gasteiger partial charge >= 0.3 is 0 Å². The van der Waals surface area contributed by atoms with Crippen LogP contribution < -0.4 is 0 Å². The van der Waals surface area contributed by atoms with E-state index in [0.29, 0.717) is 11.2 Å². The van der Waals surface area contributed by atoms with Crippen molar-refractivity contribution in [2.45, 2.75) is 56.5 Å². The molecule has 3 unspecified atom stereocenters. The lowest BCUT2D eigenvalue weighted by Crippen LogP contribution is -2.22. The molecule has 3 atom stereocenters. The normalized spacial score (nSPS) is 30.8. The van der Waals surface area contributed by atoms with E-state index in [-0.39, 0.29) is 0 Å². The minimum atomic E-state index is 0.327. The van der Waals surface area contributed by atoms with Crippen molar-refractivity contribution in [3.8, 4) is 6.07 Å². The molecule has 0 aliphatic heterocycles. The SMILES string of the molecule is CCC(C)SC1CCCCC1C#N. The fourth-order valence-corrected chi connectivity index (χ4v) is 3.28. The van der Waals surface area contributed by atoms with E-state index in [4.69, 9.17) is 5.26 Å². The second kappa shape index (κ2) is 5.54. The third-order valence-corrected chi connectivity index (χ3v) is 4.56. The Kier molecular flexibility index (Phi) is 4.66. The Labute approximate surface area is 85.9 Å². The Morgan fingerprint density at radius 3 is 2.77 bits per heavy atom. The molecule has 1 nitrogen and oxygen atoms in total. The van der Waals surface area contributed by atoms with Gasteiger partial charge in [-0.25, -0.2) is 0 Å². The van der Waals surface area contributed by atoms with Crippen LogP contribution in [-0.2, 0) is 0 Å². The molecule has 1 saturated carbocycles. The highest BCUT2D eigenvalue weighted by Gasteiger charge is 2.26. The molecule has 0 amide bonds. The molecule has 0 spiro atoms. The standard InChI is InChI=1S/C11H19NS/c1-3-9(2)13-11-7-5-4-6-10(11)8-12/h9-11H,3-7H2,1-2H3. The lowest BCUT2D eigenvalue weighted by Gasteiger charge is -2.28. The number of rotatable bonds is 3. The summed E-state index contributed by atoms with van der Waals surface area (Å²) in [7, 11) is 0. The van der Waals surface area contributed by atoms with Crippen LogP contribution in [0.15, 0.2) is 0 Å². The molecule has 1 rings (SSSR count). The predicted molar refractivity (Wildman–Crippen MR) is 58.7 cm³/mol. The van der Waals surface area contributed by atoms with E-state index in [1.807, 2.05) is 11.8 Å². The highest BCUT2D eigenvalue weighted by Crippen LogP contribution is 2.35. The molecule has 0 radical (unpaired) electrons. The zero-order valence-electron chi connectivity index (χ0n) is 8.62. The molecular weight excluding hydrogens is 178 g/mol. The van der Waals surface area contributed by atoms with Crippen LogP contribution in [-0.4, -0.2) is 10.5 Å². The van der Waals surface area contributed by atoms with Crippen molar-refractivity contribution < 1.29 is 0 Å². The Balaban J connectivity index is 2.41. The zero-order valence-corrected chi connectivity index (χ0v) is 9.44. The predicted octanol–water partition coefficient (Wildman–Crippen LogP) is 3.60. The molecule has 0 aromatic carbocycles. The summed E-state index contributed by atoms with van der Waals surface area (Å²) in [6, 6.07) is 2.46. The van der Waals surface area contributed by atoms with Gasteiger partial charge in [-0.2, -0.15) is 17.0 Å². The summed E-state index contributed by atoms with van der Waals surface area (Å²) in [5.74, 6) is 0.327. The number of nitriles is 1. The molecule has 0 N–H and O–H groups in total. The van der Waals surface area contributed by atoms with E-state index in [1.54, 1.807) is 0 Å². The number of nitrogens with zero attached hydrogens (tertiary/aromatic N) is 1. The van der Waals surface area contributed by atoms with E-state index in [1.165, 1.54) is 25.7 Å². The summed E-state index contributed by atoms with van der Waals surface area (Å²) in [4.78, 5) is 0. The molecule has 74 valence electrons. The van der Waals surface area contributed by atoms with Gasteiger partial charge in [0.1, 0.15) is 0 Å². The first-order valence-electron chi connectivity index (χ1n) is 5.33. The van der Waals surface area contributed by atoms with Crippen LogP contribution in [0.5, 0.6) is 0 Å². The summed E-state index contributed by atoms with van der Waals surface area (Å²) in [6.45, 7) is 4.50. The van der Waals surface area contributed by atoms with Gasteiger partial charge in [0.25, 0.3) is 0 Å². The average Bonchev–Trinajstić information content (AvgIpc) is 2.18. The van der Waals surface area contributed by atoms with E-state index in [2.05, 4.69) is 19.9 Å². The zero-order chi connectivity index (χ0) is 9.68. The quantitative estimate of drug-likeness (QED) is 0.690. The minimum Gasteiger partial charge on any atom is -0.198 e. The molecule has 1 aliphatic rings. The maximum absolute atomic E-state index is 8.98. The van der Waals surface area contributed by atoms with Crippen LogP contribution in [0.1, 0.15) is 46.0 Å². The van der Waals surface area contributed by atoms with Crippen LogP contribution in [0.4, 0.5) is 0 Å². The highest BCUT2D eigenvalue weighted by molar-refractivity contribution is 8.00. The van der Waals surface area contributed by atoms with E-state index in [9.17, 15) is 0 Å². The Morgan fingerprint density at radius 1 is 1.46 bits per heavy atom. The van der Waals surface area contributed by atoms with Gasteiger partial charge in [0.05, 0.1) is 12.0 Å². The monoisotopic (exact) mass is 197 g/mol. The van der Waals surface area contributed by atoms with Gasteiger partial charge < -0.3 is 0 Å². The Hall–Kier alpha value is -0.160. The van der Waals surface area contributed by atoms with Gasteiger partial charge in [0.15, 0.2) is 0 Å². The second-order valence-corrected chi connectivity index (χ2v) is 5.60. The summed E-state index contributed by atoms with van der Waals surface area (Å²) in [6.07, 6.45) is 6.19. The van der Waals surface area contributed by atoms with Crippen molar-refractivity contribution >= 4 is 11.8 Å². The van der Waals surface area contributed by atoms with Gasteiger partial charge in [0, 0.05) is 10.5 Å². The van der Waals surface area contributed by atoms with Crippen LogP contribution in [0, 0.1) is 17.2 Å². The molecule has 0 saturated heterocycles. The van der Waals surface area contributed by atoms with Crippen LogP contribution in [0.3, 0.4) is 0 Å². The van der Waals surface area contributed by atoms with Crippen molar-refractivity contribution in [2.24, 2.45) is 5.92 Å². The largest absolute Gasteiger partial charge is 0.198 e. The lowest BCUT2D eigenvalue weighted by molar-refractivity contribution is 0.438. The first-order chi connectivity index (χ1) is 6.27. The molecule has 0 heterocycles. The maximum Gasteiger partial charge on any atom is 0.0667 e. The summed E-state index contributed by atoms with van der Waals surface area (Å²) in [5.41, 5.74) is 0. The number of thioether (sulfide) groups is 1. The van der Waals surface area contributed by atoms with Gasteiger partial charge in [0.2, 0.25) is 0 Å². The van der Waals surface area contributed by atoms with E-state index < -0.39 is 0 Å². The smallest absolute Gasteiger partial charge is 0.0667 e. The fraction of sp³-hybridized carbons (Fsp3) is 0.909. The van der Waals surface area contributed by atoms with Gasteiger partial charge in [-0.15, -0.1) is 0 Å². The van der Waals surface area contributed by atoms with Crippen LogP contribution in [0.25, 0.3) is 0 Å². The molecule has 13 heavy (non-hydrogen) atoms. The first-order valence-corrected chi connectivity index (χ1v) is 6.27. The van der Waals surface area contributed by atoms with Gasteiger partial charge in [-0.3, -0.25) is 0 Å². The lowest BCUT2D eigenvalue weighted by atomic mass is 9.90. The summed E-state index contributed by atoms with van der Waals surface area (Å²) >= 11 is 2.03. The molecule has 0 aromatic rings. The average molecular weight is 197 g/mol. The van der Waals surface area contributed by atoms with Crippen molar-refractivity contribution in [2.75, 3.05) is 0 Å². The summed E-state index contributed by atoms with van der Waals surface area (Å²) < 4.78 is 0. The molecule has 1 fully saturated rings. The molecule has 2 heteroatoms. The minimum absolute atomic E-state index is 0.327. The molecule has 0 bridgehead atoms. The topological polar surface area (TPSA) is 23.8 Å². The fourth-order valence-electron chi connectivity index (χ4n) is 1.80. The van der Waals surface area contributed by atoms with Gasteiger partial charge in [-0.05, 0) is 19.3 Å². The van der Waals surface area contributed by atoms with Crippen LogP contribution >= 0.6 is 11.8 Å².